The molecule has 2 N–H and O–H groups in total. The molecular weight excluding hydrogens is 275 g/mol. The van der Waals surface area contributed by atoms with Crippen molar-refractivity contribution >= 4 is 5.69 Å². The smallest absolute Gasteiger partial charge is 0.399 e. The van der Waals surface area contributed by atoms with Gasteiger partial charge in [0.1, 0.15) is 0 Å². The Hall–Kier alpha value is -1.19. The number of benzene rings is 1. The average Bonchev–Trinajstić information content (AvgIpc) is 2.42. The standard InChI is InChI=1S/C17H26F3N/c1-2-3-4-5-6-7-8-9-10-14-11-12-15(21)13-16(14)17(18,19)20/h11-13H,2-10,21H2,1H3. The van der Waals surface area contributed by atoms with Crippen molar-refractivity contribution in [1.29, 1.82) is 0 Å². The highest BCUT2D eigenvalue weighted by molar-refractivity contribution is 5.46. The van der Waals surface area contributed by atoms with Crippen molar-refractivity contribution in [3.63, 3.8) is 0 Å². The molecule has 21 heavy (non-hydrogen) atoms. The van der Waals surface area contributed by atoms with Crippen molar-refractivity contribution < 1.29 is 13.2 Å². The maximum Gasteiger partial charge on any atom is 0.416 e. The summed E-state index contributed by atoms with van der Waals surface area (Å²) in [4.78, 5) is 0. The molecule has 0 aliphatic heterocycles. The van der Waals surface area contributed by atoms with Gasteiger partial charge < -0.3 is 5.73 Å². The first-order chi connectivity index (χ1) is 9.95. The van der Waals surface area contributed by atoms with E-state index in [4.69, 9.17) is 5.73 Å². The van der Waals surface area contributed by atoms with E-state index in [0.717, 1.165) is 25.3 Å². The lowest BCUT2D eigenvalue weighted by molar-refractivity contribution is -0.138. The molecule has 0 radical (unpaired) electrons. The Bertz CT molecular complexity index is 413. The van der Waals surface area contributed by atoms with Crippen molar-refractivity contribution in [3.8, 4) is 0 Å². The van der Waals surface area contributed by atoms with Gasteiger partial charge in [0.25, 0.3) is 0 Å². The first-order valence-electron chi connectivity index (χ1n) is 7.90. The highest BCUT2D eigenvalue weighted by atomic mass is 19.4. The molecule has 0 aliphatic carbocycles. The number of anilines is 1. The SMILES string of the molecule is CCCCCCCCCCc1ccc(N)cc1C(F)(F)F. The van der Waals surface area contributed by atoms with Gasteiger partial charge in [0.15, 0.2) is 0 Å². The Balaban J connectivity index is 2.35. The van der Waals surface area contributed by atoms with Gasteiger partial charge >= 0.3 is 6.18 Å². The van der Waals surface area contributed by atoms with Crippen LogP contribution >= 0.6 is 0 Å². The second-order valence-electron chi connectivity index (χ2n) is 5.64. The molecule has 0 spiro atoms. The van der Waals surface area contributed by atoms with E-state index in [2.05, 4.69) is 6.92 Å². The van der Waals surface area contributed by atoms with E-state index in [0.29, 0.717) is 12.0 Å². The third-order valence-corrected chi connectivity index (χ3v) is 3.74. The number of halogens is 3. The monoisotopic (exact) mass is 301 g/mol. The summed E-state index contributed by atoms with van der Waals surface area (Å²) >= 11 is 0. The molecule has 0 aromatic heterocycles. The number of nitrogens with two attached hydrogens (primary N) is 1. The first kappa shape index (κ1) is 17.9. The van der Waals surface area contributed by atoms with Crippen LogP contribution in [0.1, 0.15) is 69.4 Å². The molecule has 0 atom stereocenters. The fraction of sp³-hybridized carbons (Fsp3) is 0.647. The van der Waals surface area contributed by atoms with Crippen LogP contribution in [-0.2, 0) is 12.6 Å². The van der Waals surface area contributed by atoms with Crippen LogP contribution in [0.3, 0.4) is 0 Å². The summed E-state index contributed by atoms with van der Waals surface area (Å²) < 4.78 is 38.8. The summed E-state index contributed by atoms with van der Waals surface area (Å²) in [6.45, 7) is 2.19. The molecular formula is C17H26F3N. The number of alkyl halides is 3. The second kappa shape index (κ2) is 8.96. The number of rotatable bonds is 9. The number of hydrogen-bond acceptors (Lipinski definition) is 1. The van der Waals surface area contributed by atoms with E-state index < -0.39 is 11.7 Å². The van der Waals surface area contributed by atoms with Crippen molar-refractivity contribution in [3.05, 3.63) is 29.3 Å². The first-order valence-corrected chi connectivity index (χ1v) is 7.90. The van der Waals surface area contributed by atoms with Gasteiger partial charge in [-0.2, -0.15) is 13.2 Å². The van der Waals surface area contributed by atoms with Crippen molar-refractivity contribution in [2.24, 2.45) is 0 Å². The van der Waals surface area contributed by atoms with Crippen LogP contribution in [-0.4, -0.2) is 0 Å². The molecule has 0 heterocycles. The molecule has 1 aromatic carbocycles. The Labute approximate surface area is 125 Å². The van der Waals surface area contributed by atoms with E-state index in [-0.39, 0.29) is 5.69 Å². The summed E-state index contributed by atoms with van der Waals surface area (Å²) in [6, 6.07) is 4.11. The highest BCUT2D eigenvalue weighted by Gasteiger charge is 2.33. The predicted molar refractivity (Wildman–Crippen MR) is 82.2 cm³/mol. The number of unbranched alkanes of at least 4 members (excludes halogenated alkanes) is 7. The summed E-state index contributed by atoms with van der Waals surface area (Å²) in [7, 11) is 0. The lowest BCUT2D eigenvalue weighted by atomic mass is 9.99. The number of hydrogen-bond donors (Lipinski definition) is 1. The Kier molecular flexibility index (Phi) is 7.62. The normalized spacial score (nSPS) is 11.8. The summed E-state index contributed by atoms with van der Waals surface area (Å²) in [6.07, 6.45) is 5.28. The topological polar surface area (TPSA) is 26.0 Å². The van der Waals surface area contributed by atoms with E-state index in [1.807, 2.05) is 0 Å². The van der Waals surface area contributed by atoms with Gasteiger partial charge in [0.05, 0.1) is 5.56 Å². The van der Waals surface area contributed by atoms with Crippen LogP contribution in [0.2, 0.25) is 0 Å². The second-order valence-corrected chi connectivity index (χ2v) is 5.64. The third-order valence-electron chi connectivity index (χ3n) is 3.74. The summed E-state index contributed by atoms with van der Waals surface area (Å²) in [5, 5.41) is 0. The zero-order valence-corrected chi connectivity index (χ0v) is 12.8. The van der Waals surface area contributed by atoms with Gasteiger partial charge in [-0.1, -0.05) is 57.9 Å². The number of nitrogen functional groups attached to an aromatic ring is 1. The molecule has 0 amide bonds. The average molecular weight is 301 g/mol. The molecule has 0 aliphatic rings. The predicted octanol–water partition coefficient (Wildman–Crippen LogP) is 5.97. The van der Waals surface area contributed by atoms with Gasteiger partial charge in [-0.25, -0.2) is 0 Å². The highest BCUT2D eigenvalue weighted by Crippen LogP contribution is 2.34. The van der Waals surface area contributed by atoms with Gasteiger partial charge in [-0.3, -0.25) is 0 Å². The van der Waals surface area contributed by atoms with E-state index >= 15 is 0 Å². The summed E-state index contributed by atoms with van der Waals surface area (Å²) in [5.74, 6) is 0. The molecule has 0 saturated heterocycles. The van der Waals surface area contributed by atoms with Crippen LogP contribution in [0.25, 0.3) is 0 Å². The van der Waals surface area contributed by atoms with Crippen LogP contribution in [0.5, 0.6) is 0 Å². The molecule has 0 unspecified atom stereocenters. The summed E-state index contributed by atoms with van der Waals surface area (Å²) in [5.41, 5.74) is 5.41. The Morgan fingerprint density at radius 1 is 0.905 bits per heavy atom. The minimum absolute atomic E-state index is 0.169. The van der Waals surface area contributed by atoms with Crippen molar-refractivity contribution in [1.82, 2.24) is 0 Å². The number of aryl methyl sites for hydroxylation is 1. The molecule has 1 nitrogen and oxygen atoms in total. The van der Waals surface area contributed by atoms with E-state index in [9.17, 15) is 13.2 Å². The zero-order chi connectivity index (χ0) is 15.7. The molecule has 0 saturated carbocycles. The van der Waals surface area contributed by atoms with E-state index in [1.165, 1.54) is 38.2 Å². The fourth-order valence-electron chi connectivity index (χ4n) is 2.53. The maximum absolute atomic E-state index is 12.9. The van der Waals surface area contributed by atoms with Crippen LogP contribution in [0.15, 0.2) is 18.2 Å². The lowest BCUT2D eigenvalue weighted by Crippen LogP contribution is -2.10. The Morgan fingerprint density at radius 3 is 2.05 bits per heavy atom. The van der Waals surface area contributed by atoms with Gasteiger partial charge in [-0.15, -0.1) is 0 Å². The Morgan fingerprint density at radius 2 is 1.48 bits per heavy atom. The van der Waals surface area contributed by atoms with E-state index in [1.54, 1.807) is 6.07 Å². The quantitative estimate of drug-likeness (QED) is 0.441. The van der Waals surface area contributed by atoms with Crippen LogP contribution in [0, 0.1) is 0 Å². The molecule has 0 bridgehead atoms. The lowest BCUT2D eigenvalue weighted by Gasteiger charge is -2.13. The minimum atomic E-state index is -4.31. The largest absolute Gasteiger partial charge is 0.416 e. The maximum atomic E-state index is 12.9. The zero-order valence-electron chi connectivity index (χ0n) is 12.8. The van der Waals surface area contributed by atoms with Crippen LogP contribution < -0.4 is 5.73 Å². The molecule has 4 heteroatoms. The molecule has 120 valence electrons. The van der Waals surface area contributed by atoms with Crippen molar-refractivity contribution in [2.75, 3.05) is 5.73 Å². The molecule has 1 aromatic rings. The molecule has 1 rings (SSSR count). The van der Waals surface area contributed by atoms with Gasteiger partial charge in [-0.05, 0) is 30.5 Å². The van der Waals surface area contributed by atoms with Gasteiger partial charge in [0.2, 0.25) is 0 Å². The minimum Gasteiger partial charge on any atom is -0.399 e. The van der Waals surface area contributed by atoms with Crippen molar-refractivity contribution in [2.45, 2.75) is 70.9 Å². The third kappa shape index (κ3) is 6.87. The molecule has 0 fully saturated rings. The fourth-order valence-corrected chi connectivity index (χ4v) is 2.53. The van der Waals surface area contributed by atoms with Gasteiger partial charge in [0, 0.05) is 5.69 Å². The van der Waals surface area contributed by atoms with Crippen LogP contribution in [0.4, 0.5) is 18.9 Å².